The molecule has 0 radical (unpaired) electrons. The van der Waals surface area contributed by atoms with Gasteiger partial charge in [0.2, 0.25) is 0 Å². The molecule has 2 amide bonds. The molecule has 0 aliphatic rings. The molecule has 24 heavy (non-hydrogen) atoms. The van der Waals surface area contributed by atoms with Crippen LogP contribution in [0.15, 0.2) is 48.5 Å². The molecular weight excluding hydrogens is 315 g/mol. The summed E-state index contributed by atoms with van der Waals surface area (Å²) in [6, 6.07) is 11.6. The van der Waals surface area contributed by atoms with Crippen LogP contribution in [0, 0.1) is 5.82 Å². The van der Waals surface area contributed by atoms with E-state index in [1.54, 1.807) is 36.4 Å². The monoisotopic (exact) mass is 332 g/mol. The van der Waals surface area contributed by atoms with Gasteiger partial charge in [-0.15, -0.1) is 0 Å². The lowest BCUT2D eigenvalue weighted by molar-refractivity contribution is 0.0600. The maximum atomic E-state index is 13.0. The molecule has 0 heterocycles. The van der Waals surface area contributed by atoms with Crippen molar-refractivity contribution in [3.05, 3.63) is 59.9 Å². The number of halogens is 1. The second-order valence-corrected chi connectivity index (χ2v) is 4.76. The number of anilines is 1. The molecule has 0 saturated heterocycles. The Balaban J connectivity index is 1.72. The van der Waals surface area contributed by atoms with E-state index in [4.69, 9.17) is 4.74 Å². The zero-order chi connectivity index (χ0) is 17.4. The van der Waals surface area contributed by atoms with Crippen LogP contribution in [0.4, 0.5) is 14.9 Å². The van der Waals surface area contributed by atoms with Crippen LogP contribution in [0.3, 0.4) is 0 Å². The fourth-order valence-corrected chi connectivity index (χ4v) is 1.87. The number of nitrogens with one attached hydrogen (secondary N) is 2. The maximum Gasteiger partial charge on any atom is 0.337 e. The topological polar surface area (TPSA) is 76.7 Å². The first kappa shape index (κ1) is 17.3. The van der Waals surface area contributed by atoms with Crippen LogP contribution >= 0.6 is 0 Å². The number of urea groups is 1. The summed E-state index contributed by atoms with van der Waals surface area (Å²) in [7, 11) is 1.30. The van der Waals surface area contributed by atoms with E-state index >= 15 is 0 Å². The van der Waals surface area contributed by atoms with Gasteiger partial charge in [0.25, 0.3) is 0 Å². The molecule has 126 valence electrons. The van der Waals surface area contributed by atoms with Crippen molar-refractivity contribution >= 4 is 17.7 Å². The van der Waals surface area contributed by atoms with Gasteiger partial charge in [0.1, 0.15) is 18.2 Å². The van der Waals surface area contributed by atoms with Gasteiger partial charge in [-0.25, -0.2) is 14.0 Å². The summed E-state index contributed by atoms with van der Waals surface area (Å²) in [6.45, 7) is 0.459. The summed E-state index contributed by atoms with van der Waals surface area (Å²) in [6.07, 6.45) is 0. The summed E-state index contributed by atoms with van der Waals surface area (Å²) in [5.74, 6) is -0.426. The van der Waals surface area contributed by atoms with Crippen LogP contribution in [0.1, 0.15) is 10.4 Å². The molecule has 0 aliphatic heterocycles. The lowest BCUT2D eigenvalue weighted by Gasteiger charge is -2.09. The van der Waals surface area contributed by atoms with Crippen molar-refractivity contribution in [3.63, 3.8) is 0 Å². The predicted octanol–water partition coefficient (Wildman–Crippen LogP) is 2.81. The summed E-state index contributed by atoms with van der Waals surface area (Å²) < 4.78 is 22.9. The Hall–Kier alpha value is -3.09. The number of ether oxygens (including phenoxy) is 2. The molecule has 0 spiro atoms. The third kappa shape index (κ3) is 5.28. The molecule has 2 rings (SSSR count). The molecule has 0 saturated carbocycles. The minimum atomic E-state index is -0.444. The number of carbonyl (C=O) groups is 2. The molecule has 6 nitrogen and oxygen atoms in total. The van der Waals surface area contributed by atoms with Gasteiger partial charge in [-0.3, -0.25) is 0 Å². The third-order valence-electron chi connectivity index (χ3n) is 3.02. The summed E-state index contributed by atoms with van der Waals surface area (Å²) in [4.78, 5) is 23.0. The van der Waals surface area contributed by atoms with E-state index in [2.05, 4.69) is 15.4 Å². The zero-order valence-electron chi connectivity index (χ0n) is 13.0. The summed E-state index contributed by atoms with van der Waals surface area (Å²) in [5, 5.41) is 5.22. The van der Waals surface area contributed by atoms with Crippen LogP contribution in [0.2, 0.25) is 0 Å². The van der Waals surface area contributed by atoms with Crippen molar-refractivity contribution in [3.8, 4) is 5.75 Å². The quantitative estimate of drug-likeness (QED) is 0.630. The standard InChI is InChI=1S/C17H17FN2O4/c1-23-16(21)12-5-7-14(8-6-12)20-17(22)19-9-10-24-15-4-2-3-13(18)11-15/h2-8,11H,9-10H2,1H3,(H2,19,20,22). The molecule has 2 aromatic rings. The Bertz CT molecular complexity index is 704. The normalized spacial score (nSPS) is 9.92. The van der Waals surface area contributed by atoms with Crippen molar-refractivity contribution in [2.24, 2.45) is 0 Å². The number of amides is 2. The van der Waals surface area contributed by atoms with E-state index < -0.39 is 12.0 Å². The molecule has 0 aliphatic carbocycles. The van der Waals surface area contributed by atoms with E-state index in [-0.39, 0.29) is 19.0 Å². The predicted molar refractivity (Wildman–Crippen MR) is 86.7 cm³/mol. The highest BCUT2D eigenvalue weighted by Gasteiger charge is 2.06. The molecule has 2 aromatic carbocycles. The van der Waals surface area contributed by atoms with E-state index in [1.807, 2.05) is 0 Å². The number of benzene rings is 2. The van der Waals surface area contributed by atoms with E-state index in [0.29, 0.717) is 17.0 Å². The van der Waals surface area contributed by atoms with Crippen LogP contribution < -0.4 is 15.4 Å². The molecular formula is C17H17FN2O4. The van der Waals surface area contributed by atoms with Gasteiger partial charge in [0.05, 0.1) is 19.2 Å². The molecule has 7 heteroatoms. The molecule has 0 unspecified atom stereocenters. The fraction of sp³-hybridized carbons (Fsp3) is 0.176. The van der Waals surface area contributed by atoms with Gasteiger partial charge >= 0.3 is 12.0 Å². The van der Waals surface area contributed by atoms with Crippen LogP contribution in [0.5, 0.6) is 5.75 Å². The third-order valence-corrected chi connectivity index (χ3v) is 3.02. The minimum Gasteiger partial charge on any atom is -0.492 e. The van der Waals surface area contributed by atoms with Gasteiger partial charge in [0.15, 0.2) is 0 Å². The highest BCUT2D eigenvalue weighted by Crippen LogP contribution is 2.12. The SMILES string of the molecule is COC(=O)c1ccc(NC(=O)NCCOc2cccc(F)c2)cc1. The highest BCUT2D eigenvalue weighted by molar-refractivity contribution is 5.92. The Morgan fingerprint density at radius 3 is 2.54 bits per heavy atom. The Morgan fingerprint density at radius 1 is 1.12 bits per heavy atom. The van der Waals surface area contributed by atoms with Crippen molar-refractivity contribution in [2.45, 2.75) is 0 Å². The number of carbonyl (C=O) groups excluding carboxylic acids is 2. The van der Waals surface area contributed by atoms with E-state index in [9.17, 15) is 14.0 Å². The smallest absolute Gasteiger partial charge is 0.337 e. The lowest BCUT2D eigenvalue weighted by Crippen LogP contribution is -2.32. The minimum absolute atomic E-state index is 0.206. The Labute approximate surface area is 138 Å². The first-order valence-electron chi connectivity index (χ1n) is 7.20. The van der Waals surface area contributed by atoms with Gasteiger partial charge in [-0.2, -0.15) is 0 Å². The Kier molecular flexibility index (Phi) is 6.13. The average molecular weight is 332 g/mol. The molecule has 0 bridgehead atoms. The summed E-state index contributed by atoms with van der Waals surface area (Å²) in [5.41, 5.74) is 0.929. The molecule has 2 N–H and O–H groups in total. The van der Waals surface area contributed by atoms with Crippen molar-refractivity contribution < 1.29 is 23.5 Å². The number of methoxy groups -OCH3 is 1. The number of esters is 1. The molecule has 0 atom stereocenters. The number of hydrogen-bond donors (Lipinski definition) is 2. The Morgan fingerprint density at radius 2 is 1.88 bits per heavy atom. The summed E-state index contributed by atoms with van der Waals surface area (Å²) >= 11 is 0. The van der Waals surface area contributed by atoms with Gasteiger partial charge in [-0.05, 0) is 36.4 Å². The first-order chi connectivity index (χ1) is 11.6. The van der Waals surface area contributed by atoms with Gasteiger partial charge in [0, 0.05) is 11.8 Å². The van der Waals surface area contributed by atoms with Gasteiger partial charge in [-0.1, -0.05) is 6.07 Å². The first-order valence-corrected chi connectivity index (χ1v) is 7.20. The van der Waals surface area contributed by atoms with Crippen LogP contribution in [0.25, 0.3) is 0 Å². The number of rotatable bonds is 6. The van der Waals surface area contributed by atoms with E-state index in [1.165, 1.54) is 19.2 Å². The van der Waals surface area contributed by atoms with Crippen LogP contribution in [-0.4, -0.2) is 32.3 Å². The zero-order valence-corrected chi connectivity index (χ0v) is 13.0. The van der Waals surface area contributed by atoms with Crippen LogP contribution in [-0.2, 0) is 4.74 Å². The van der Waals surface area contributed by atoms with Gasteiger partial charge < -0.3 is 20.1 Å². The lowest BCUT2D eigenvalue weighted by atomic mass is 10.2. The second-order valence-electron chi connectivity index (χ2n) is 4.76. The second kappa shape index (κ2) is 8.52. The molecule has 0 aromatic heterocycles. The largest absolute Gasteiger partial charge is 0.492 e. The van der Waals surface area contributed by atoms with Crippen molar-refractivity contribution in [1.29, 1.82) is 0 Å². The highest BCUT2D eigenvalue weighted by atomic mass is 19.1. The van der Waals surface area contributed by atoms with Crippen molar-refractivity contribution in [1.82, 2.24) is 5.32 Å². The fourth-order valence-electron chi connectivity index (χ4n) is 1.87. The van der Waals surface area contributed by atoms with E-state index in [0.717, 1.165) is 0 Å². The average Bonchev–Trinajstić information content (AvgIpc) is 2.59. The molecule has 0 fully saturated rings. The van der Waals surface area contributed by atoms with Crippen molar-refractivity contribution in [2.75, 3.05) is 25.6 Å². The maximum absolute atomic E-state index is 13.0. The number of hydrogen-bond acceptors (Lipinski definition) is 4.